The molecule has 0 unspecified atom stereocenters. The highest BCUT2D eigenvalue weighted by Gasteiger charge is 2.24. The van der Waals surface area contributed by atoms with E-state index in [0.29, 0.717) is 51.9 Å². The predicted molar refractivity (Wildman–Crippen MR) is 123 cm³/mol. The summed E-state index contributed by atoms with van der Waals surface area (Å²) in [4.78, 5) is 39.8. The highest BCUT2D eigenvalue weighted by Crippen LogP contribution is 2.18. The Morgan fingerprint density at radius 2 is 1.52 bits per heavy atom. The molecule has 0 atom stereocenters. The Morgan fingerprint density at radius 1 is 0.871 bits per heavy atom. The van der Waals surface area contributed by atoms with Crippen LogP contribution in [-0.4, -0.2) is 64.7 Å². The Kier molecular flexibility index (Phi) is 12.1. The van der Waals surface area contributed by atoms with Crippen molar-refractivity contribution in [2.75, 3.05) is 31.9 Å². The van der Waals surface area contributed by atoms with E-state index in [0.717, 1.165) is 43.4 Å². The lowest BCUT2D eigenvalue weighted by atomic mass is 10.1. The van der Waals surface area contributed by atoms with Crippen LogP contribution in [0.4, 0.5) is 0 Å². The molecule has 0 bridgehead atoms. The molecule has 0 saturated carbocycles. The SMILES string of the molecule is O=C(CCCCCCC(=O)N1CCN(C(=O)C/C2=C/SC/C=C\C/C=C\C2)CC1)NO. The summed E-state index contributed by atoms with van der Waals surface area (Å²) in [6.45, 7) is 2.39. The van der Waals surface area contributed by atoms with Gasteiger partial charge < -0.3 is 9.80 Å². The molecule has 1 saturated heterocycles. The zero-order chi connectivity index (χ0) is 22.3. The van der Waals surface area contributed by atoms with Gasteiger partial charge in [-0.3, -0.25) is 19.6 Å². The van der Waals surface area contributed by atoms with Crippen molar-refractivity contribution in [3.05, 3.63) is 35.3 Å². The molecule has 0 aromatic rings. The van der Waals surface area contributed by atoms with Crippen molar-refractivity contribution in [1.82, 2.24) is 15.3 Å². The number of piperazine rings is 1. The first kappa shape index (κ1) is 25.2. The number of unbranched alkanes of at least 4 members (excludes halogenated alkanes) is 3. The van der Waals surface area contributed by atoms with Gasteiger partial charge in [-0.05, 0) is 31.1 Å². The number of carbonyl (C=O) groups is 3. The van der Waals surface area contributed by atoms with Crippen molar-refractivity contribution in [3.63, 3.8) is 0 Å². The molecule has 2 aliphatic rings. The summed E-state index contributed by atoms with van der Waals surface area (Å²) in [5.41, 5.74) is 2.77. The molecule has 0 radical (unpaired) electrons. The minimum absolute atomic E-state index is 0.143. The molecule has 0 aliphatic carbocycles. The lowest BCUT2D eigenvalue weighted by Crippen LogP contribution is -2.50. The first-order chi connectivity index (χ1) is 15.1. The van der Waals surface area contributed by atoms with Crippen molar-refractivity contribution in [3.8, 4) is 0 Å². The van der Waals surface area contributed by atoms with E-state index < -0.39 is 0 Å². The highest BCUT2D eigenvalue weighted by molar-refractivity contribution is 8.02. The summed E-state index contributed by atoms with van der Waals surface area (Å²) in [5, 5.41) is 10.6. The van der Waals surface area contributed by atoms with Crippen LogP contribution in [0.15, 0.2) is 35.3 Å². The first-order valence-electron chi connectivity index (χ1n) is 11.2. The topological polar surface area (TPSA) is 90.0 Å². The second kappa shape index (κ2) is 14.9. The van der Waals surface area contributed by atoms with Crippen molar-refractivity contribution < 1.29 is 19.6 Å². The second-order valence-corrected chi connectivity index (χ2v) is 8.78. The number of hydrogen-bond acceptors (Lipinski definition) is 5. The molecule has 0 spiro atoms. The van der Waals surface area contributed by atoms with Crippen LogP contribution in [0.3, 0.4) is 0 Å². The summed E-state index contributed by atoms with van der Waals surface area (Å²) in [7, 11) is 0. The van der Waals surface area contributed by atoms with Gasteiger partial charge in [-0.15, -0.1) is 11.8 Å². The normalized spacial score (nSPS) is 21.0. The number of nitrogens with one attached hydrogen (secondary N) is 1. The summed E-state index contributed by atoms with van der Waals surface area (Å²) in [6, 6.07) is 0. The maximum atomic E-state index is 12.7. The maximum Gasteiger partial charge on any atom is 0.243 e. The Labute approximate surface area is 189 Å². The number of amides is 3. The summed E-state index contributed by atoms with van der Waals surface area (Å²) in [6.07, 6.45) is 14.9. The predicted octanol–water partition coefficient (Wildman–Crippen LogP) is 3.42. The van der Waals surface area contributed by atoms with E-state index >= 15 is 0 Å². The van der Waals surface area contributed by atoms with E-state index in [4.69, 9.17) is 5.21 Å². The molecule has 2 N–H and O–H groups in total. The largest absolute Gasteiger partial charge is 0.339 e. The average Bonchev–Trinajstić information content (AvgIpc) is 2.80. The fourth-order valence-corrected chi connectivity index (χ4v) is 4.36. The highest BCUT2D eigenvalue weighted by atomic mass is 32.2. The molecule has 2 rings (SSSR count). The Hall–Kier alpha value is -2.06. The Morgan fingerprint density at radius 3 is 2.23 bits per heavy atom. The molecule has 172 valence electrons. The van der Waals surface area contributed by atoms with E-state index in [9.17, 15) is 14.4 Å². The molecule has 7 nitrogen and oxygen atoms in total. The van der Waals surface area contributed by atoms with Crippen LogP contribution < -0.4 is 5.48 Å². The third kappa shape index (κ3) is 10.2. The van der Waals surface area contributed by atoms with Gasteiger partial charge in [-0.2, -0.15) is 0 Å². The van der Waals surface area contributed by atoms with Crippen LogP contribution in [0, 0.1) is 0 Å². The molecule has 0 aromatic carbocycles. The lowest BCUT2D eigenvalue weighted by molar-refractivity contribution is -0.139. The van der Waals surface area contributed by atoms with Crippen LogP contribution in [0.2, 0.25) is 0 Å². The number of rotatable bonds is 9. The molecular formula is C23H35N3O4S. The zero-order valence-corrected chi connectivity index (χ0v) is 19.1. The van der Waals surface area contributed by atoms with Gasteiger partial charge in [0.05, 0.1) is 0 Å². The quantitative estimate of drug-likeness (QED) is 0.244. The molecule has 2 aliphatic heterocycles. The van der Waals surface area contributed by atoms with Crippen molar-refractivity contribution in [1.29, 1.82) is 0 Å². The minimum Gasteiger partial charge on any atom is -0.339 e. The van der Waals surface area contributed by atoms with Crippen LogP contribution >= 0.6 is 11.8 Å². The summed E-state index contributed by atoms with van der Waals surface area (Å²) >= 11 is 1.73. The number of carbonyl (C=O) groups excluding carboxylic acids is 3. The molecule has 8 heteroatoms. The first-order valence-corrected chi connectivity index (χ1v) is 12.2. The van der Waals surface area contributed by atoms with E-state index in [2.05, 4.69) is 29.7 Å². The standard InChI is InChI=1S/C23H35N3O4S/c27-21(24-30)11-7-3-4-8-12-22(28)25-13-15-26(16-14-25)23(29)18-20-10-6-2-1-5-9-17-31-19-20/h2,5-6,9,19,30H,1,3-4,7-8,10-18H2,(H,24,27)/b6-2-,9-5-,20-19+. The molecule has 1 fully saturated rings. The summed E-state index contributed by atoms with van der Waals surface area (Å²) < 4.78 is 0. The van der Waals surface area contributed by atoms with Gasteiger partial charge in [0.2, 0.25) is 17.7 Å². The smallest absolute Gasteiger partial charge is 0.243 e. The van der Waals surface area contributed by atoms with Crippen molar-refractivity contribution in [2.24, 2.45) is 0 Å². The van der Waals surface area contributed by atoms with Crippen LogP contribution in [-0.2, 0) is 14.4 Å². The monoisotopic (exact) mass is 449 g/mol. The van der Waals surface area contributed by atoms with Crippen LogP contribution in [0.25, 0.3) is 0 Å². The van der Waals surface area contributed by atoms with E-state index in [1.165, 1.54) is 0 Å². The third-order valence-corrected chi connectivity index (χ3v) is 6.35. The second-order valence-electron chi connectivity index (χ2n) is 7.88. The molecule has 31 heavy (non-hydrogen) atoms. The number of thioether (sulfide) groups is 1. The Balaban J connectivity index is 1.64. The number of hydrogen-bond donors (Lipinski definition) is 2. The van der Waals surface area contributed by atoms with Gasteiger partial charge in [0.1, 0.15) is 0 Å². The van der Waals surface area contributed by atoms with Crippen molar-refractivity contribution >= 4 is 29.5 Å². The molecule has 2 heterocycles. The van der Waals surface area contributed by atoms with Crippen LogP contribution in [0.5, 0.6) is 0 Å². The fraction of sp³-hybridized carbons (Fsp3) is 0.609. The molecular weight excluding hydrogens is 414 g/mol. The van der Waals surface area contributed by atoms with Gasteiger partial charge in [0, 0.05) is 51.2 Å². The van der Waals surface area contributed by atoms with Gasteiger partial charge in [-0.1, -0.05) is 42.7 Å². The zero-order valence-electron chi connectivity index (χ0n) is 18.3. The fourth-order valence-electron chi connectivity index (χ4n) is 3.60. The number of allylic oxidation sites excluding steroid dienone is 3. The minimum atomic E-state index is -0.368. The third-order valence-electron chi connectivity index (χ3n) is 5.46. The van der Waals surface area contributed by atoms with Gasteiger partial charge >= 0.3 is 0 Å². The van der Waals surface area contributed by atoms with Crippen LogP contribution in [0.1, 0.15) is 57.8 Å². The van der Waals surface area contributed by atoms with Gasteiger partial charge in [-0.25, -0.2) is 5.48 Å². The van der Waals surface area contributed by atoms with Gasteiger partial charge in [0.25, 0.3) is 0 Å². The number of hydroxylamine groups is 1. The summed E-state index contributed by atoms with van der Waals surface area (Å²) in [5.74, 6) is 0.856. The van der Waals surface area contributed by atoms with Gasteiger partial charge in [0.15, 0.2) is 0 Å². The van der Waals surface area contributed by atoms with E-state index in [1.807, 2.05) is 9.80 Å². The maximum absolute atomic E-state index is 12.7. The Bertz CT molecular complexity index is 682. The lowest BCUT2D eigenvalue weighted by Gasteiger charge is -2.35. The molecule has 3 amide bonds. The van der Waals surface area contributed by atoms with E-state index in [-0.39, 0.29) is 17.7 Å². The van der Waals surface area contributed by atoms with E-state index in [1.54, 1.807) is 17.2 Å². The molecule has 0 aromatic heterocycles. The average molecular weight is 450 g/mol. The van der Waals surface area contributed by atoms with Crippen molar-refractivity contribution in [2.45, 2.75) is 57.8 Å². The number of nitrogens with zero attached hydrogens (tertiary/aromatic N) is 2.